The van der Waals surface area contributed by atoms with Crippen molar-refractivity contribution >= 4 is 5.69 Å². The van der Waals surface area contributed by atoms with Gasteiger partial charge in [-0.2, -0.15) is 0 Å². The molecule has 0 saturated heterocycles. The van der Waals surface area contributed by atoms with Crippen LogP contribution in [0.3, 0.4) is 0 Å². The Labute approximate surface area is 119 Å². The summed E-state index contributed by atoms with van der Waals surface area (Å²) in [5, 5.41) is 3.53. The van der Waals surface area contributed by atoms with Gasteiger partial charge in [-0.15, -0.1) is 0 Å². The lowest BCUT2D eigenvalue weighted by Gasteiger charge is -2.20. The highest BCUT2D eigenvalue weighted by molar-refractivity contribution is 5.50. The van der Waals surface area contributed by atoms with Crippen molar-refractivity contribution in [3.05, 3.63) is 29.3 Å². The number of anilines is 1. The standard InChI is InChI=1S/C17H30N2/c1-5-6-7-8-9-18-10-11-19(4)17-13-15(2)12-16(3)14-17/h12-14,18H,5-11H2,1-4H3. The quantitative estimate of drug-likeness (QED) is 0.679. The molecule has 1 aromatic rings. The molecule has 0 spiro atoms. The Morgan fingerprint density at radius 3 is 2.26 bits per heavy atom. The van der Waals surface area contributed by atoms with E-state index in [1.807, 2.05) is 0 Å². The van der Waals surface area contributed by atoms with E-state index < -0.39 is 0 Å². The Kier molecular flexibility index (Phi) is 7.57. The summed E-state index contributed by atoms with van der Waals surface area (Å²) in [5.41, 5.74) is 4.01. The molecule has 0 aromatic heterocycles. The van der Waals surface area contributed by atoms with Crippen LogP contribution in [0.1, 0.15) is 43.7 Å². The molecule has 0 aliphatic rings. The Morgan fingerprint density at radius 2 is 1.63 bits per heavy atom. The highest BCUT2D eigenvalue weighted by Gasteiger charge is 2.01. The molecule has 0 radical (unpaired) electrons. The van der Waals surface area contributed by atoms with Gasteiger partial charge >= 0.3 is 0 Å². The number of unbranched alkanes of at least 4 members (excludes halogenated alkanes) is 3. The molecular weight excluding hydrogens is 232 g/mol. The minimum Gasteiger partial charge on any atom is -0.373 e. The summed E-state index contributed by atoms with van der Waals surface area (Å²) >= 11 is 0. The van der Waals surface area contributed by atoms with Crippen LogP contribution < -0.4 is 10.2 Å². The fraction of sp³-hybridized carbons (Fsp3) is 0.647. The van der Waals surface area contributed by atoms with Gasteiger partial charge in [-0.25, -0.2) is 0 Å². The van der Waals surface area contributed by atoms with E-state index >= 15 is 0 Å². The Bertz CT molecular complexity index is 340. The van der Waals surface area contributed by atoms with Crippen molar-refractivity contribution in [1.82, 2.24) is 5.32 Å². The van der Waals surface area contributed by atoms with E-state index in [4.69, 9.17) is 0 Å². The number of benzene rings is 1. The van der Waals surface area contributed by atoms with E-state index in [9.17, 15) is 0 Å². The molecule has 0 saturated carbocycles. The molecule has 2 nitrogen and oxygen atoms in total. The van der Waals surface area contributed by atoms with Crippen LogP contribution in [-0.2, 0) is 0 Å². The Morgan fingerprint density at radius 1 is 0.947 bits per heavy atom. The molecule has 0 aliphatic heterocycles. The molecule has 19 heavy (non-hydrogen) atoms. The highest BCUT2D eigenvalue weighted by Crippen LogP contribution is 2.16. The topological polar surface area (TPSA) is 15.3 Å². The second kappa shape index (κ2) is 8.98. The molecule has 2 heteroatoms. The minimum atomic E-state index is 1.07. The third-order valence-electron chi connectivity index (χ3n) is 3.48. The van der Waals surface area contributed by atoms with E-state index in [2.05, 4.69) is 56.2 Å². The third-order valence-corrected chi connectivity index (χ3v) is 3.48. The Balaban J connectivity index is 2.22. The van der Waals surface area contributed by atoms with Crippen molar-refractivity contribution in [2.75, 3.05) is 31.6 Å². The van der Waals surface area contributed by atoms with Gasteiger partial charge < -0.3 is 10.2 Å². The van der Waals surface area contributed by atoms with Crippen LogP contribution in [0.15, 0.2) is 18.2 Å². The Hall–Kier alpha value is -1.02. The lowest BCUT2D eigenvalue weighted by Crippen LogP contribution is -2.29. The first-order chi connectivity index (χ1) is 9.13. The van der Waals surface area contributed by atoms with Crippen LogP contribution in [0.4, 0.5) is 5.69 Å². The summed E-state index contributed by atoms with van der Waals surface area (Å²) in [6.07, 6.45) is 5.34. The van der Waals surface area contributed by atoms with Crippen molar-refractivity contribution in [1.29, 1.82) is 0 Å². The van der Waals surface area contributed by atoms with Crippen molar-refractivity contribution in [3.63, 3.8) is 0 Å². The smallest absolute Gasteiger partial charge is 0.0369 e. The fourth-order valence-corrected chi connectivity index (χ4v) is 2.35. The molecule has 108 valence electrons. The van der Waals surface area contributed by atoms with Crippen molar-refractivity contribution in [2.45, 2.75) is 46.5 Å². The molecular formula is C17H30N2. The predicted octanol–water partition coefficient (Wildman–Crippen LogP) is 3.91. The molecule has 0 bridgehead atoms. The first-order valence-electron chi connectivity index (χ1n) is 7.63. The van der Waals surface area contributed by atoms with Crippen molar-refractivity contribution in [2.24, 2.45) is 0 Å². The van der Waals surface area contributed by atoms with Crippen LogP contribution in [0.5, 0.6) is 0 Å². The molecule has 0 heterocycles. The van der Waals surface area contributed by atoms with E-state index in [-0.39, 0.29) is 0 Å². The molecule has 0 atom stereocenters. The molecule has 0 unspecified atom stereocenters. The highest BCUT2D eigenvalue weighted by atomic mass is 15.1. The summed E-state index contributed by atoms with van der Waals surface area (Å²) in [4.78, 5) is 2.33. The average molecular weight is 262 g/mol. The van der Waals surface area contributed by atoms with Crippen LogP contribution in [-0.4, -0.2) is 26.7 Å². The van der Waals surface area contributed by atoms with Gasteiger partial charge in [0.2, 0.25) is 0 Å². The van der Waals surface area contributed by atoms with Crippen molar-refractivity contribution < 1.29 is 0 Å². The summed E-state index contributed by atoms with van der Waals surface area (Å²) < 4.78 is 0. The number of rotatable bonds is 9. The lowest BCUT2D eigenvalue weighted by molar-refractivity contribution is 0.598. The normalized spacial score (nSPS) is 10.7. The maximum absolute atomic E-state index is 3.53. The van der Waals surface area contributed by atoms with Crippen molar-refractivity contribution in [3.8, 4) is 0 Å². The third kappa shape index (κ3) is 6.63. The molecule has 1 N–H and O–H groups in total. The van der Waals surface area contributed by atoms with Gasteiger partial charge in [0.1, 0.15) is 0 Å². The molecule has 0 amide bonds. The molecule has 1 aromatic carbocycles. The largest absolute Gasteiger partial charge is 0.373 e. The second-order valence-corrected chi connectivity index (χ2v) is 5.58. The maximum Gasteiger partial charge on any atom is 0.0369 e. The van der Waals surface area contributed by atoms with Crippen LogP contribution in [0.25, 0.3) is 0 Å². The zero-order valence-electron chi connectivity index (χ0n) is 13.1. The van der Waals surface area contributed by atoms with Gasteiger partial charge in [-0.3, -0.25) is 0 Å². The van der Waals surface area contributed by atoms with E-state index in [0.717, 1.165) is 19.6 Å². The first-order valence-corrected chi connectivity index (χ1v) is 7.63. The number of hydrogen-bond donors (Lipinski definition) is 1. The number of nitrogens with one attached hydrogen (secondary N) is 1. The number of aryl methyl sites for hydroxylation is 2. The van der Waals surface area contributed by atoms with Gasteiger partial charge in [-0.05, 0) is 50.1 Å². The lowest BCUT2D eigenvalue weighted by atomic mass is 10.1. The van der Waals surface area contributed by atoms with Gasteiger partial charge in [0.25, 0.3) is 0 Å². The number of likely N-dealkylation sites (N-methyl/N-ethyl adjacent to an activating group) is 1. The summed E-state index contributed by atoms with van der Waals surface area (Å²) in [7, 11) is 2.17. The summed E-state index contributed by atoms with van der Waals surface area (Å²) in [6, 6.07) is 6.74. The number of hydrogen-bond acceptors (Lipinski definition) is 2. The SMILES string of the molecule is CCCCCCNCCN(C)c1cc(C)cc(C)c1. The average Bonchev–Trinajstić information content (AvgIpc) is 2.36. The monoisotopic (exact) mass is 262 g/mol. The number of nitrogens with zero attached hydrogens (tertiary/aromatic N) is 1. The van der Waals surface area contributed by atoms with Gasteiger partial charge in [0.05, 0.1) is 0 Å². The zero-order valence-corrected chi connectivity index (χ0v) is 13.1. The summed E-state index contributed by atoms with van der Waals surface area (Å²) in [6.45, 7) is 9.87. The molecule has 0 aliphatic carbocycles. The first kappa shape index (κ1) is 16.0. The maximum atomic E-state index is 3.53. The van der Waals surface area contributed by atoms with Crippen LogP contribution in [0.2, 0.25) is 0 Å². The summed E-state index contributed by atoms with van der Waals surface area (Å²) in [5.74, 6) is 0. The van der Waals surface area contributed by atoms with Gasteiger partial charge in [-0.1, -0.05) is 32.3 Å². The minimum absolute atomic E-state index is 1.07. The van der Waals surface area contributed by atoms with Gasteiger partial charge in [0.15, 0.2) is 0 Å². The van der Waals surface area contributed by atoms with E-state index in [0.29, 0.717) is 0 Å². The van der Waals surface area contributed by atoms with E-state index in [1.165, 1.54) is 42.5 Å². The molecule has 0 fully saturated rings. The van der Waals surface area contributed by atoms with Crippen LogP contribution >= 0.6 is 0 Å². The molecule has 1 rings (SSSR count). The predicted molar refractivity (Wildman–Crippen MR) is 86.2 cm³/mol. The van der Waals surface area contributed by atoms with Crippen LogP contribution in [0, 0.1) is 13.8 Å². The zero-order chi connectivity index (χ0) is 14.1. The second-order valence-electron chi connectivity index (χ2n) is 5.58. The van der Waals surface area contributed by atoms with Gasteiger partial charge in [0, 0.05) is 25.8 Å². The van der Waals surface area contributed by atoms with E-state index in [1.54, 1.807) is 0 Å². The fourth-order valence-electron chi connectivity index (χ4n) is 2.35.